The normalized spacial score (nSPS) is 28.4. The predicted molar refractivity (Wildman–Crippen MR) is 90.1 cm³/mol. The Kier molecular flexibility index (Phi) is 7.00. The Labute approximate surface area is 127 Å². The lowest BCUT2D eigenvalue weighted by Crippen LogP contribution is -2.62. The quantitative estimate of drug-likeness (QED) is 0.787. The van der Waals surface area contributed by atoms with Gasteiger partial charge in [-0.25, -0.2) is 0 Å². The van der Waals surface area contributed by atoms with Gasteiger partial charge in [-0.1, -0.05) is 61.3 Å². The van der Waals surface area contributed by atoms with E-state index in [0.717, 1.165) is 18.4 Å². The summed E-state index contributed by atoms with van der Waals surface area (Å²) in [6.07, 6.45) is 3.94. The van der Waals surface area contributed by atoms with Gasteiger partial charge in [-0.2, -0.15) is 0 Å². The minimum Gasteiger partial charge on any atom is -0.311 e. The van der Waals surface area contributed by atoms with E-state index in [-0.39, 0.29) is 0 Å². The van der Waals surface area contributed by atoms with Gasteiger partial charge in [0, 0.05) is 31.7 Å². The van der Waals surface area contributed by atoms with Gasteiger partial charge in [0.1, 0.15) is 0 Å². The predicted octanol–water partition coefficient (Wildman–Crippen LogP) is 4.16. The topological polar surface area (TPSA) is 15.3 Å². The smallest absolute Gasteiger partial charge is 0.0269 e. The van der Waals surface area contributed by atoms with Crippen LogP contribution in [0.5, 0.6) is 0 Å². The molecule has 4 unspecified atom stereocenters. The summed E-state index contributed by atoms with van der Waals surface area (Å²) in [5.74, 6) is 1.60. The molecule has 120 valence electrons. The monoisotopic (exact) mass is 282 g/mol. The van der Waals surface area contributed by atoms with Crippen molar-refractivity contribution < 1.29 is 0 Å². The molecule has 0 aliphatic carbocycles. The number of nitrogens with one attached hydrogen (secondary N) is 1. The number of hydrogen-bond donors (Lipinski definition) is 1. The molecule has 0 radical (unpaired) electrons. The molecular formula is C18H38N2. The lowest BCUT2D eigenvalue weighted by molar-refractivity contribution is 0.0330. The van der Waals surface area contributed by atoms with E-state index in [9.17, 15) is 0 Å². The highest BCUT2D eigenvalue weighted by Gasteiger charge is 2.36. The second kappa shape index (κ2) is 7.79. The van der Waals surface area contributed by atoms with Gasteiger partial charge in [-0.15, -0.1) is 0 Å². The fourth-order valence-corrected chi connectivity index (χ4v) is 3.54. The minimum atomic E-state index is 0.360. The average molecular weight is 283 g/mol. The van der Waals surface area contributed by atoms with Crippen molar-refractivity contribution in [1.82, 2.24) is 10.2 Å². The van der Waals surface area contributed by atoms with E-state index in [1.807, 2.05) is 0 Å². The largest absolute Gasteiger partial charge is 0.311 e. The second-order valence-electron chi connectivity index (χ2n) is 8.13. The molecule has 2 heteroatoms. The first-order chi connectivity index (χ1) is 9.29. The lowest BCUT2D eigenvalue weighted by atomic mass is 9.82. The Morgan fingerprint density at radius 3 is 2.35 bits per heavy atom. The third-order valence-corrected chi connectivity index (χ3v) is 5.10. The van der Waals surface area contributed by atoms with Crippen molar-refractivity contribution in [2.75, 3.05) is 19.6 Å². The van der Waals surface area contributed by atoms with Crippen molar-refractivity contribution in [3.8, 4) is 0 Å². The fraction of sp³-hybridized carbons (Fsp3) is 1.00. The summed E-state index contributed by atoms with van der Waals surface area (Å²) < 4.78 is 0. The van der Waals surface area contributed by atoms with Crippen molar-refractivity contribution in [1.29, 1.82) is 0 Å². The maximum atomic E-state index is 3.82. The van der Waals surface area contributed by atoms with Crippen LogP contribution in [-0.2, 0) is 0 Å². The third kappa shape index (κ3) is 5.04. The number of hydrogen-bond acceptors (Lipinski definition) is 2. The van der Waals surface area contributed by atoms with Crippen LogP contribution in [0.15, 0.2) is 0 Å². The van der Waals surface area contributed by atoms with Crippen LogP contribution in [-0.4, -0.2) is 36.6 Å². The summed E-state index contributed by atoms with van der Waals surface area (Å²) >= 11 is 0. The van der Waals surface area contributed by atoms with E-state index in [2.05, 4.69) is 58.7 Å². The van der Waals surface area contributed by atoms with E-state index in [4.69, 9.17) is 0 Å². The van der Waals surface area contributed by atoms with Gasteiger partial charge < -0.3 is 5.32 Å². The van der Waals surface area contributed by atoms with Gasteiger partial charge in [0.15, 0.2) is 0 Å². The molecule has 4 atom stereocenters. The van der Waals surface area contributed by atoms with Crippen LogP contribution in [0.2, 0.25) is 0 Å². The van der Waals surface area contributed by atoms with Crippen molar-refractivity contribution >= 4 is 0 Å². The summed E-state index contributed by atoms with van der Waals surface area (Å²) in [5.41, 5.74) is 0.360. The van der Waals surface area contributed by atoms with Crippen molar-refractivity contribution in [2.24, 2.45) is 17.3 Å². The average Bonchev–Trinajstić information content (AvgIpc) is 2.36. The van der Waals surface area contributed by atoms with Crippen LogP contribution in [0.3, 0.4) is 0 Å². The first kappa shape index (κ1) is 18.0. The number of nitrogens with zero attached hydrogens (tertiary/aromatic N) is 1. The molecule has 0 spiro atoms. The third-order valence-electron chi connectivity index (χ3n) is 5.10. The van der Waals surface area contributed by atoms with Gasteiger partial charge >= 0.3 is 0 Å². The summed E-state index contributed by atoms with van der Waals surface area (Å²) in [6.45, 7) is 20.2. The molecule has 1 aliphatic rings. The highest BCUT2D eigenvalue weighted by molar-refractivity contribution is 4.94. The lowest BCUT2D eigenvalue weighted by Gasteiger charge is -2.48. The van der Waals surface area contributed by atoms with E-state index in [1.54, 1.807) is 0 Å². The minimum absolute atomic E-state index is 0.360. The molecule has 1 N–H and O–H groups in total. The second-order valence-corrected chi connectivity index (χ2v) is 8.13. The molecule has 2 nitrogen and oxygen atoms in total. The Hall–Kier alpha value is -0.0800. The highest BCUT2D eigenvalue weighted by Crippen LogP contribution is 2.29. The van der Waals surface area contributed by atoms with Crippen LogP contribution in [0.25, 0.3) is 0 Å². The van der Waals surface area contributed by atoms with Crippen LogP contribution >= 0.6 is 0 Å². The molecule has 1 saturated heterocycles. The Morgan fingerprint density at radius 2 is 1.85 bits per heavy atom. The van der Waals surface area contributed by atoms with Crippen LogP contribution in [0.1, 0.15) is 67.7 Å². The molecule has 0 aromatic carbocycles. The van der Waals surface area contributed by atoms with Gasteiger partial charge in [0.2, 0.25) is 0 Å². The van der Waals surface area contributed by atoms with Crippen molar-refractivity contribution in [3.63, 3.8) is 0 Å². The molecule has 0 aromatic rings. The Balaban J connectivity index is 2.72. The molecule has 1 fully saturated rings. The molecule has 0 bridgehead atoms. The molecule has 1 heterocycles. The molecule has 0 saturated carbocycles. The number of rotatable bonds is 6. The summed E-state index contributed by atoms with van der Waals surface area (Å²) in [7, 11) is 0. The van der Waals surface area contributed by atoms with Gasteiger partial charge in [0.25, 0.3) is 0 Å². The zero-order valence-electron chi connectivity index (χ0n) is 15.0. The van der Waals surface area contributed by atoms with E-state index in [0.29, 0.717) is 17.5 Å². The molecule has 0 amide bonds. The standard InChI is InChI=1S/C18H38N2/c1-8-10-14(3)12-20-13-16(15(4)9-2)19-11-17(20)18(5,6)7/h14-17,19H,8-13H2,1-7H3. The van der Waals surface area contributed by atoms with Crippen LogP contribution in [0.4, 0.5) is 0 Å². The zero-order valence-corrected chi connectivity index (χ0v) is 15.0. The Morgan fingerprint density at radius 1 is 1.20 bits per heavy atom. The van der Waals surface area contributed by atoms with Gasteiger partial charge in [-0.05, 0) is 23.7 Å². The maximum absolute atomic E-state index is 3.82. The van der Waals surface area contributed by atoms with E-state index in [1.165, 1.54) is 32.4 Å². The molecule has 0 aromatic heterocycles. The number of piperazine rings is 1. The first-order valence-corrected chi connectivity index (χ1v) is 8.77. The molecular weight excluding hydrogens is 244 g/mol. The van der Waals surface area contributed by atoms with E-state index >= 15 is 0 Å². The molecule has 20 heavy (non-hydrogen) atoms. The SMILES string of the molecule is CCCC(C)CN1CC(C(C)CC)NCC1C(C)(C)C. The fourth-order valence-electron chi connectivity index (χ4n) is 3.54. The summed E-state index contributed by atoms with van der Waals surface area (Å²) in [6, 6.07) is 1.34. The molecule has 1 aliphatic heterocycles. The highest BCUT2D eigenvalue weighted by atomic mass is 15.2. The van der Waals surface area contributed by atoms with Gasteiger partial charge in [-0.3, -0.25) is 4.90 Å². The van der Waals surface area contributed by atoms with Crippen LogP contribution in [0, 0.1) is 17.3 Å². The van der Waals surface area contributed by atoms with Gasteiger partial charge in [0.05, 0.1) is 0 Å². The van der Waals surface area contributed by atoms with Crippen molar-refractivity contribution in [3.05, 3.63) is 0 Å². The van der Waals surface area contributed by atoms with Crippen molar-refractivity contribution in [2.45, 2.75) is 79.8 Å². The molecule has 1 rings (SSSR count). The maximum Gasteiger partial charge on any atom is 0.0269 e. The summed E-state index contributed by atoms with van der Waals surface area (Å²) in [4.78, 5) is 2.79. The zero-order chi connectivity index (χ0) is 15.3. The van der Waals surface area contributed by atoms with Crippen LogP contribution < -0.4 is 5.32 Å². The summed E-state index contributed by atoms with van der Waals surface area (Å²) in [5, 5.41) is 3.82. The van der Waals surface area contributed by atoms with E-state index < -0.39 is 0 Å². The Bertz CT molecular complexity index is 269. The first-order valence-electron chi connectivity index (χ1n) is 8.77.